The van der Waals surface area contributed by atoms with Crippen LogP contribution in [0.5, 0.6) is 0 Å². The molecule has 0 aliphatic heterocycles. The van der Waals surface area contributed by atoms with Crippen LogP contribution in [0.2, 0.25) is 0 Å². The first-order chi connectivity index (χ1) is 8.76. The monoisotopic (exact) mass is 240 g/mol. The van der Waals surface area contributed by atoms with E-state index in [1.165, 1.54) is 7.11 Å². The number of rotatable bonds is 3. The number of carbonyl (C=O) groups is 1. The molecule has 0 aliphatic rings. The van der Waals surface area contributed by atoms with Gasteiger partial charge in [0.25, 0.3) is 0 Å². The average Bonchev–Trinajstić information content (AvgIpc) is 2.44. The van der Waals surface area contributed by atoms with Gasteiger partial charge in [0.05, 0.1) is 18.7 Å². The number of esters is 1. The Morgan fingerprint density at radius 1 is 1.28 bits per heavy atom. The molecule has 90 valence electrons. The van der Waals surface area contributed by atoms with Gasteiger partial charge < -0.3 is 10.1 Å². The van der Waals surface area contributed by atoms with Crippen molar-refractivity contribution in [1.29, 1.82) is 5.26 Å². The summed E-state index contributed by atoms with van der Waals surface area (Å²) in [5, 5.41) is 13.8. The van der Waals surface area contributed by atoms with E-state index in [0.29, 0.717) is 5.56 Å². The van der Waals surface area contributed by atoms with Gasteiger partial charge in [0.1, 0.15) is 6.54 Å². The third-order valence-electron chi connectivity index (χ3n) is 2.70. The van der Waals surface area contributed by atoms with Gasteiger partial charge in [0.15, 0.2) is 0 Å². The Labute approximate surface area is 105 Å². The van der Waals surface area contributed by atoms with Crippen LogP contribution in [0.3, 0.4) is 0 Å². The Balaban J connectivity index is 2.41. The lowest BCUT2D eigenvalue weighted by atomic mass is 10.0. The molecule has 0 fully saturated rings. The smallest absolute Gasteiger partial charge is 0.325 e. The zero-order valence-electron chi connectivity index (χ0n) is 9.93. The SMILES string of the molecule is COC(=O)CNc1ccc(C#N)c2ccccc12. The minimum absolute atomic E-state index is 0.104. The first kappa shape index (κ1) is 11.9. The second-order valence-corrected chi connectivity index (χ2v) is 3.75. The molecule has 0 spiro atoms. The van der Waals surface area contributed by atoms with E-state index >= 15 is 0 Å². The van der Waals surface area contributed by atoms with Crippen LogP contribution in [0, 0.1) is 11.3 Å². The summed E-state index contributed by atoms with van der Waals surface area (Å²) in [6.45, 7) is 0.104. The summed E-state index contributed by atoms with van der Waals surface area (Å²) in [4.78, 5) is 11.1. The summed E-state index contributed by atoms with van der Waals surface area (Å²) in [5.41, 5.74) is 1.43. The molecule has 1 N–H and O–H groups in total. The summed E-state index contributed by atoms with van der Waals surface area (Å²) >= 11 is 0. The quantitative estimate of drug-likeness (QED) is 0.836. The van der Waals surface area contributed by atoms with Gasteiger partial charge in [0, 0.05) is 16.5 Å². The van der Waals surface area contributed by atoms with Gasteiger partial charge in [-0.25, -0.2) is 0 Å². The van der Waals surface area contributed by atoms with Crippen molar-refractivity contribution in [2.75, 3.05) is 19.0 Å². The number of anilines is 1. The standard InChI is InChI=1S/C14H12N2O2/c1-18-14(17)9-16-13-7-6-10(8-15)11-4-2-3-5-12(11)13/h2-7,16H,9H2,1H3. The van der Waals surface area contributed by atoms with Crippen LogP contribution in [0.1, 0.15) is 5.56 Å². The molecule has 18 heavy (non-hydrogen) atoms. The lowest BCUT2D eigenvalue weighted by molar-refractivity contribution is -0.138. The van der Waals surface area contributed by atoms with E-state index in [1.54, 1.807) is 12.1 Å². The van der Waals surface area contributed by atoms with Crippen LogP contribution in [-0.2, 0) is 9.53 Å². The molecular formula is C14H12N2O2. The van der Waals surface area contributed by atoms with Crippen LogP contribution in [0.15, 0.2) is 36.4 Å². The Kier molecular flexibility index (Phi) is 3.44. The molecule has 0 bridgehead atoms. The van der Waals surface area contributed by atoms with E-state index in [4.69, 9.17) is 5.26 Å². The maximum absolute atomic E-state index is 11.1. The van der Waals surface area contributed by atoms with Gasteiger partial charge in [-0.2, -0.15) is 5.26 Å². The van der Waals surface area contributed by atoms with Crippen molar-refractivity contribution in [3.05, 3.63) is 42.0 Å². The molecule has 0 amide bonds. The topological polar surface area (TPSA) is 62.1 Å². The molecular weight excluding hydrogens is 228 g/mol. The highest BCUT2D eigenvalue weighted by Gasteiger charge is 2.06. The number of ether oxygens (including phenoxy) is 1. The summed E-state index contributed by atoms with van der Waals surface area (Å²) in [7, 11) is 1.35. The maximum atomic E-state index is 11.1. The molecule has 4 heteroatoms. The van der Waals surface area contributed by atoms with Crippen molar-refractivity contribution < 1.29 is 9.53 Å². The normalized spacial score (nSPS) is 9.78. The van der Waals surface area contributed by atoms with Crippen LogP contribution in [0.25, 0.3) is 10.8 Å². The van der Waals surface area contributed by atoms with Crippen molar-refractivity contribution in [2.45, 2.75) is 0 Å². The van der Waals surface area contributed by atoms with E-state index in [0.717, 1.165) is 16.5 Å². The van der Waals surface area contributed by atoms with Gasteiger partial charge in [-0.15, -0.1) is 0 Å². The zero-order chi connectivity index (χ0) is 13.0. The van der Waals surface area contributed by atoms with E-state index in [2.05, 4.69) is 16.1 Å². The van der Waals surface area contributed by atoms with Gasteiger partial charge in [-0.3, -0.25) is 4.79 Å². The Bertz CT molecular complexity index is 629. The van der Waals surface area contributed by atoms with Crippen molar-refractivity contribution in [3.63, 3.8) is 0 Å². The number of fused-ring (bicyclic) bond motifs is 1. The fraction of sp³-hybridized carbons (Fsp3) is 0.143. The number of carbonyl (C=O) groups excluding carboxylic acids is 1. The number of benzene rings is 2. The second kappa shape index (κ2) is 5.19. The largest absolute Gasteiger partial charge is 0.468 e. The minimum atomic E-state index is -0.330. The predicted octanol–water partition coefficient (Wildman–Crippen LogP) is 2.30. The molecule has 2 aromatic rings. The highest BCUT2D eigenvalue weighted by Crippen LogP contribution is 2.26. The van der Waals surface area contributed by atoms with Crippen molar-refractivity contribution in [1.82, 2.24) is 0 Å². The second-order valence-electron chi connectivity index (χ2n) is 3.75. The van der Waals surface area contributed by atoms with Crippen molar-refractivity contribution in [3.8, 4) is 6.07 Å². The highest BCUT2D eigenvalue weighted by molar-refractivity contribution is 5.98. The minimum Gasteiger partial charge on any atom is -0.468 e. The molecule has 2 aromatic carbocycles. The lowest BCUT2D eigenvalue weighted by Gasteiger charge is -2.09. The van der Waals surface area contributed by atoms with Crippen molar-refractivity contribution in [2.24, 2.45) is 0 Å². The maximum Gasteiger partial charge on any atom is 0.325 e. The van der Waals surface area contributed by atoms with E-state index in [-0.39, 0.29) is 12.5 Å². The molecule has 2 rings (SSSR count). The molecule has 0 aromatic heterocycles. The van der Waals surface area contributed by atoms with E-state index < -0.39 is 0 Å². The number of nitriles is 1. The predicted molar refractivity (Wildman–Crippen MR) is 69.2 cm³/mol. The molecule has 0 heterocycles. The Morgan fingerprint density at radius 3 is 2.67 bits per heavy atom. The Hall–Kier alpha value is -2.54. The number of nitrogens with zero attached hydrogens (tertiary/aromatic N) is 1. The molecule has 0 radical (unpaired) electrons. The van der Waals surface area contributed by atoms with Gasteiger partial charge >= 0.3 is 5.97 Å². The zero-order valence-corrected chi connectivity index (χ0v) is 9.93. The summed E-state index contributed by atoms with van der Waals surface area (Å²) < 4.78 is 4.58. The number of hydrogen-bond donors (Lipinski definition) is 1. The number of hydrogen-bond acceptors (Lipinski definition) is 4. The molecule has 0 aliphatic carbocycles. The third-order valence-corrected chi connectivity index (χ3v) is 2.70. The summed E-state index contributed by atoms with van der Waals surface area (Å²) in [6.07, 6.45) is 0. The fourth-order valence-electron chi connectivity index (χ4n) is 1.79. The average molecular weight is 240 g/mol. The molecule has 0 unspecified atom stereocenters. The molecule has 0 saturated carbocycles. The first-order valence-electron chi connectivity index (χ1n) is 5.49. The first-order valence-corrected chi connectivity index (χ1v) is 5.49. The van der Waals surface area contributed by atoms with E-state index in [1.807, 2.05) is 24.3 Å². The highest BCUT2D eigenvalue weighted by atomic mass is 16.5. The molecule has 4 nitrogen and oxygen atoms in total. The van der Waals surface area contributed by atoms with Crippen LogP contribution >= 0.6 is 0 Å². The van der Waals surface area contributed by atoms with Crippen LogP contribution < -0.4 is 5.32 Å². The van der Waals surface area contributed by atoms with Gasteiger partial charge in [0.2, 0.25) is 0 Å². The third kappa shape index (κ3) is 2.25. The van der Waals surface area contributed by atoms with Crippen molar-refractivity contribution >= 4 is 22.4 Å². The van der Waals surface area contributed by atoms with Gasteiger partial charge in [-0.1, -0.05) is 24.3 Å². The summed E-state index contributed by atoms with van der Waals surface area (Å²) in [5.74, 6) is -0.330. The molecule has 0 saturated heterocycles. The number of methoxy groups -OCH3 is 1. The van der Waals surface area contributed by atoms with E-state index in [9.17, 15) is 4.79 Å². The van der Waals surface area contributed by atoms with Gasteiger partial charge in [-0.05, 0) is 12.1 Å². The molecule has 0 atom stereocenters. The summed E-state index contributed by atoms with van der Waals surface area (Å²) in [6, 6.07) is 13.3. The number of nitrogens with one attached hydrogen (secondary N) is 1. The van der Waals surface area contributed by atoms with Crippen LogP contribution in [0.4, 0.5) is 5.69 Å². The van der Waals surface area contributed by atoms with Crippen LogP contribution in [-0.4, -0.2) is 19.6 Å². The Morgan fingerprint density at radius 2 is 2.00 bits per heavy atom. The fourth-order valence-corrected chi connectivity index (χ4v) is 1.79. The lowest BCUT2D eigenvalue weighted by Crippen LogP contribution is -2.15.